The molecule has 0 radical (unpaired) electrons. The summed E-state index contributed by atoms with van der Waals surface area (Å²) in [6.07, 6.45) is 0. The van der Waals surface area contributed by atoms with Gasteiger partial charge in [0.15, 0.2) is 0 Å². The Labute approximate surface area is 183 Å². The van der Waals surface area contributed by atoms with Crippen molar-refractivity contribution in [1.29, 1.82) is 0 Å². The van der Waals surface area contributed by atoms with Gasteiger partial charge in [0.1, 0.15) is 17.1 Å². The second-order valence-corrected chi connectivity index (χ2v) is 8.42. The van der Waals surface area contributed by atoms with E-state index in [2.05, 4.69) is 36.4 Å². The van der Waals surface area contributed by atoms with Crippen LogP contribution in [0.5, 0.6) is 5.75 Å². The first kappa shape index (κ1) is 19.3. The van der Waals surface area contributed by atoms with Crippen LogP contribution in [0.2, 0.25) is 0 Å². The Morgan fingerprint density at radius 3 is 2.58 bits per heavy atom. The van der Waals surface area contributed by atoms with Crippen LogP contribution in [-0.2, 0) is 0 Å². The Morgan fingerprint density at radius 1 is 1.00 bits per heavy atom. The number of nitrogens with zero attached hydrogens (tertiary/aromatic N) is 2. The van der Waals surface area contributed by atoms with Crippen LogP contribution in [0.25, 0.3) is 32.5 Å². The second kappa shape index (κ2) is 7.89. The molecule has 154 valence electrons. The fourth-order valence-electron chi connectivity index (χ4n) is 3.70. The van der Waals surface area contributed by atoms with Gasteiger partial charge in [0.05, 0.1) is 22.7 Å². The lowest BCUT2D eigenvalue weighted by atomic mass is 10.0. The molecule has 0 aliphatic heterocycles. The van der Waals surface area contributed by atoms with Crippen LogP contribution in [0.15, 0.2) is 76.2 Å². The van der Waals surface area contributed by atoms with E-state index in [1.807, 2.05) is 54.6 Å². The summed E-state index contributed by atoms with van der Waals surface area (Å²) < 4.78 is 12.7. The van der Waals surface area contributed by atoms with Crippen molar-refractivity contribution in [3.63, 3.8) is 0 Å². The topological polar surface area (TPSA) is 59.6 Å². The minimum absolute atomic E-state index is 0.741. The molecule has 0 amide bonds. The van der Waals surface area contributed by atoms with Crippen LogP contribution in [0, 0.1) is 13.8 Å². The maximum Gasteiger partial charge on any atom is 0.204 e. The molecule has 0 aliphatic rings. The monoisotopic (exact) mass is 427 g/mol. The lowest BCUT2D eigenvalue weighted by molar-refractivity contribution is 0.415. The average molecular weight is 428 g/mol. The molecule has 0 aliphatic carbocycles. The summed E-state index contributed by atoms with van der Waals surface area (Å²) in [5.41, 5.74) is 8.13. The molecular weight excluding hydrogens is 406 g/mol. The highest BCUT2D eigenvalue weighted by Gasteiger charge is 2.10. The number of aromatic nitrogens is 1. The number of thiazole rings is 1. The normalized spacial score (nSPS) is 11.9. The van der Waals surface area contributed by atoms with Crippen LogP contribution in [0.4, 0.5) is 5.13 Å². The zero-order valence-corrected chi connectivity index (χ0v) is 18.3. The number of rotatable bonds is 4. The zero-order chi connectivity index (χ0) is 21.4. The van der Waals surface area contributed by atoms with Gasteiger partial charge >= 0.3 is 0 Å². The SMILES string of the molecule is COc1ccc(-c2cc(=NNc3nc4ccccc4s3)c3c(C)cc(C)cc3o2)cc1. The summed E-state index contributed by atoms with van der Waals surface area (Å²) in [6, 6.07) is 22.0. The lowest BCUT2D eigenvalue weighted by Gasteiger charge is -2.09. The van der Waals surface area contributed by atoms with Crippen LogP contribution >= 0.6 is 11.3 Å². The number of anilines is 1. The smallest absolute Gasteiger partial charge is 0.204 e. The molecule has 6 heteroatoms. The Balaban J connectivity index is 1.66. The molecule has 0 bridgehead atoms. The number of methoxy groups -OCH3 is 1. The third-order valence-electron chi connectivity index (χ3n) is 5.13. The summed E-state index contributed by atoms with van der Waals surface area (Å²) in [5, 5.41) is 7.27. The number of aryl methyl sites for hydroxylation is 2. The van der Waals surface area contributed by atoms with Crippen LogP contribution < -0.4 is 15.5 Å². The van der Waals surface area contributed by atoms with Gasteiger partial charge in [-0.1, -0.05) is 29.5 Å². The quantitative estimate of drug-likeness (QED) is 0.344. The second-order valence-electron chi connectivity index (χ2n) is 7.39. The molecule has 5 aromatic rings. The van der Waals surface area contributed by atoms with Gasteiger partial charge in [-0.15, -0.1) is 0 Å². The molecule has 3 aromatic carbocycles. The van der Waals surface area contributed by atoms with Crippen molar-refractivity contribution in [2.24, 2.45) is 5.10 Å². The molecule has 0 fully saturated rings. The van der Waals surface area contributed by atoms with Crippen molar-refractivity contribution in [1.82, 2.24) is 4.98 Å². The molecule has 5 rings (SSSR count). The van der Waals surface area contributed by atoms with E-state index in [9.17, 15) is 0 Å². The molecule has 1 N–H and O–H groups in total. The predicted molar refractivity (Wildman–Crippen MR) is 126 cm³/mol. The third-order valence-corrected chi connectivity index (χ3v) is 6.07. The van der Waals surface area contributed by atoms with Crippen molar-refractivity contribution >= 4 is 37.7 Å². The minimum Gasteiger partial charge on any atom is -0.497 e. The Hall–Kier alpha value is -3.64. The molecular formula is C25H21N3O2S. The maximum atomic E-state index is 6.28. The summed E-state index contributed by atoms with van der Waals surface area (Å²) >= 11 is 1.58. The van der Waals surface area contributed by atoms with E-state index in [4.69, 9.17) is 14.3 Å². The van der Waals surface area contributed by atoms with Gasteiger partial charge in [-0.2, -0.15) is 5.10 Å². The Morgan fingerprint density at radius 2 is 1.81 bits per heavy atom. The van der Waals surface area contributed by atoms with Gasteiger partial charge in [0.2, 0.25) is 5.13 Å². The van der Waals surface area contributed by atoms with Crippen molar-refractivity contribution < 1.29 is 9.15 Å². The number of hydrogen-bond donors (Lipinski definition) is 1. The first-order valence-corrected chi connectivity index (χ1v) is 10.8. The molecule has 2 heterocycles. The molecule has 0 saturated heterocycles. The largest absolute Gasteiger partial charge is 0.497 e. The maximum absolute atomic E-state index is 6.28. The third kappa shape index (κ3) is 3.78. The number of benzene rings is 3. The summed E-state index contributed by atoms with van der Waals surface area (Å²) in [4.78, 5) is 4.62. The highest BCUT2D eigenvalue weighted by Crippen LogP contribution is 2.27. The van der Waals surface area contributed by atoms with E-state index < -0.39 is 0 Å². The average Bonchev–Trinajstić information content (AvgIpc) is 3.20. The molecule has 2 aromatic heterocycles. The number of ether oxygens (including phenoxy) is 1. The van der Waals surface area contributed by atoms with Gasteiger partial charge in [0, 0.05) is 17.0 Å². The van der Waals surface area contributed by atoms with E-state index in [0.717, 1.165) is 59.9 Å². The van der Waals surface area contributed by atoms with Gasteiger partial charge < -0.3 is 9.15 Å². The van der Waals surface area contributed by atoms with E-state index in [-0.39, 0.29) is 0 Å². The molecule has 5 nitrogen and oxygen atoms in total. The van der Waals surface area contributed by atoms with Crippen molar-refractivity contribution in [3.8, 4) is 17.1 Å². The standard InChI is InChI=1S/C25H21N3O2S/c1-15-12-16(2)24-20(27-28-25-26-19-6-4-5-7-23(19)31-25)14-21(30-22(24)13-15)17-8-10-18(29-3)11-9-17/h4-14H,1-3H3,(H,26,28). The van der Waals surface area contributed by atoms with Crippen LogP contribution in [0.1, 0.15) is 11.1 Å². The molecule has 0 unspecified atom stereocenters. The summed E-state index contributed by atoms with van der Waals surface area (Å²) in [7, 11) is 1.66. The number of fused-ring (bicyclic) bond motifs is 2. The predicted octanol–water partition coefficient (Wildman–Crippen LogP) is 6.26. The van der Waals surface area contributed by atoms with Gasteiger partial charge in [0.25, 0.3) is 0 Å². The first-order chi connectivity index (χ1) is 15.1. The molecule has 0 spiro atoms. The van der Waals surface area contributed by atoms with Gasteiger partial charge in [-0.3, -0.25) is 5.43 Å². The van der Waals surface area contributed by atoms with Gasteiger partial charge in [-0.05, 0) is 67.4 Å². The van der Waals surface area contributed by atoms with E-state index in [1.54, 1.807) is 18.4 Å². The summed E-state index contributed by atoms with van der Waals surface area (Å²) in [6.45, 7) is 4.15. The van der Waals surface area contributed by atoms with E-state index >= 15 is 0 Å². The fraction of sp³-hybridized carbons (Fsp3) is 0.120. The van der Waals surface area contributed by atoms with Crippen molar-refractivity contribution in [3.05, 3.63) is 83.2 Å². The fourth-order valence-corrected chi connectivity index (χ4v) is 4.50. The number of nitrogens with one attached hydrogen (secondary N) is 1. The molecule has 0 saturated carbocycles. The number of para-hydroxylation sites is 1. The molecule has 31 heavy (non-hydrogen) atoms. The van der Waals surface area contributed by atoms with Crippen LogP contribution in [0.3, 0.4) is 0 Å². The first-order valence-electron chi connectivity index (χ1n) is 9.95. The lowest BCUT2D eigenvalue weighted by Crippen LogP contribution is -2.09. The zero-order valence-electron chi connectivity index (χ0n) is 17.5. The molecule has 0 atom stereocenters. The number of hydrogen-bond acceptors (Lipinski definition) is 6. The highest BCUT2D eigenvalue weighted by atomic mass is 32.1. The van der Waals surface area contributed by atoms with Crippen LogP contribution in [-0.4, -0.2) is 12.1 Å². The van der Waals surface area contributed by atoms with E-state index in [0.29, 0.717) is 0 Å². The Kier molecular flexibility index (Phi) is 4.92. The van der Waals surface area contributed by atoms with Crippen molar-refractivity contribution in [2.45, 2.75) is 13.8 Å². The highest BCUT2D eigenvalue weighted by molar-refractivity contribution is 7.22. The minimum atomic E-state index is 0.741. The van der Waals surface area contributed by atoms with Gasteiger partial charge in [-0.25, -0.2) is 4.98 Å². The van der Waals surface area contributed by atoms with E-state index in [1.165, 1.54) is 0 Å². The van der Waals surface area contributed by atoms with Crippen molar-refractivity contribution in [2.75, 3.05) is 12.5 Å². The summed E-state index contributed by atoms with van der Waals surface area (Å²) in [5.74, 6) is 1.55. The Bertz CT molecular complexity index is 1430.